The maximum atomic E-state index is 12.0. The molecule has 34 heavy (non-hydrogen) atoms. The molecule has 2 aromatic rings. The molecular formula is C23H30N3O6S2-. The number of carbonyl (C=O) groups is 1. The number of nitrogens with zero attached hydrogens (tertiary/aromatic N) is 3. The van der Waals surface area contributed by atoms with Crippen LogP contribution in [0.3, 0.4) is 0 Å². The zero-order chi connectivity index (χ0) is 24.7. The van der Waals surface area contributed by atoms with E-state index in [0.717, 1.165) is 11.1 Å². The molecule has 1 aliphatic rings. The molecule has 1 fully saturated rings. The molecular weight excluding hydrogens is 478 g/mol. The Labute approximate surface area is 203 Å². The quantitative estimate of drug-likeness (QED) is 0.355. The van der Waals surface area contributed by atoms with Crippen molar-refractivity contribution >= 4 is 27.3 Å². The highest BCUT2D eigenvalue weighted by Crippen LogP contribution is 2.27. The molecule has 2 atom stereocenters. The molecule has 11 heteroatoms. The second-order valence-electron chi connectivity index (χ2n) is 8.18. The summed E-state index contributed by atoms with van der Waals surface area (Å²) in [5.74, 6) is -0.447. The normalized spacial score (nSPS) is 17.4. The highest BCUT2D eigenvalue weighted by Gasteiger charge is 2.28. The minimum Gasteiger partial charge on any atom is -0.760 e. The zero-order valence-corrected chi connectivity index (χ0v) is 21.0. The molecule has 0 N–H and O–H groups in total. The first kappa shape index (κ1) is 26.5. The van der Waals surface area contributed by atoms with E-state index in [9.17, 15) is 22.0 Å². The molecule has 1 saturated heterocycles. The summed E-state index contributed by atoms with van der Waals surface area (Å²) in [6.07, 6.45) is 1.77. The van der Waals surface area contributed by atoms with Gasteiger partial charge in [0.25, 0.3) is 0 Å². The number of rotatable bonds is 10. The Morgan fingerprint density at radius 1 is 1.09 bits per heavy atom. The molecule has 0 amide bonds. The van der Waals surface area contributed by atoms with Gasteiger partial charge in [-0.15, -0.1) is 0 Å². The molecule has 3 rings (SSSR count). The number of carbonyl (C=O) groups excluding carboxylic acids is 1. The van der Waals surface area contributed by atoms with E-state index >= 15 is 0 Å². The van der Waals surface area contributed by atoms with Gasteiger partial charge < -0.3 is 9.29 Å². The Balaban J connectivity index is 1.70. The lowest BCUT2D eigenvalue weighted by Crippen LogP contribution is -2.49. The number of methoxy groups -OCH3 is 1. The van der Waals surface area contributed by atoms with Gasteiger partial charge >= 0.3 is 5.97 Å². The molecule has 0 radical (unpaired) electrons. The van der Waals surface area contributed by atoms with Crippen LogP contribution in [0.15, 0.2) is 54.6 Å². The van der Waals surface area contributed by atoms with Crippen LogP contribution in [0.5, 0.6) is 0 Å². The zero-order valence-electron chi connectivity index (χ0n) is 19.3. The summed E-state index contributed by atoms with van der Waals surface area (Å²) in [7, 11) is -1.93. The number of ether oxygens (including phenoxy) is 1. The fraction of sp³-hybridized carbons (Fsp3) is 0.435. The van der Waals surface area contributed by atoms with Crippen molar-refractivity contribution in [1.29, 1.82) is 0 Å². The maximum Gasteiger partial charge on any atom is 0.337 e. The highest BCUT2D eigenvalue weighted by atomic mass is 32.2. The first-order valence-electron chi connectivity index (χ1n) is 10.9. The fourth-order valence-corrected chi connectivity index (χ4v) is 5.46. The largest absolute Gasteiger partial charge is 0.760 e. The highest BCUT2D eigenvalue weighted by molar-refractivity contribution is 7.88. The van der Waals surface area contributed by atoms with E-state index in [4.69, 9.17) is 4.74 Å². The summed E-state index contributed by atoms with van der Waals surface area (Å²) in [6, 6.07) is 16.5. The molecule has 1 aliphatic heterocycles. The summed E-state index contributed by atoms with van der Waals surface area (Å²) >= 11 is -2.43. The van der Waals surface area contributed by atoms with Crippen LogP contribution in [0.25, 0.3) is 0 Å². The van der Waals surface area contributed by atoms with Gasteiger partial charge in [0.2, 0.25) is 10.0 Å². The summed E-state index contributed by atoms with van der Waals surface area (Å²) < 4.78 is 55.2. The van der Waals surface area contributed by atoms with Crippen LogP contribution in [0.2, 0.25) is 0 Å². The van der Waals surface area contributed by atoms with E-state index in [1.54, 1.807) is 24.3 Å². The van der Waals surface area contributed by atoms with Crippen LogP contribution < -0.4 is 0 Å². The third-order valence-electron chi connectivity index (χ3n) is 5.96. The van der Waals surface area contributed by atoms with E-state index in [1.165, 1.54) is 22.0 Å². The molecule has 0 spiro atoms. The van der Waals surface area contributed by atoms with Crippen molar-refractivity contribution in [3.05, 3.63) is 71.3 Å². The van der Waals surface area contributed by atoms with Crippen LogP contribution >= 0.6 is 0 Å². The summed E-state index contributed by atoms with van der Waals surface area (Å²) in [6.45, 7) is 2.43. The van der Waals surface area contributed by atoms with E-state index in [-0.39, 0.29) is 12.6 Å². The summed E-state index contributed by atoms with van der Waals surface area (Å²) in [5, 5.41) is 0. The second kappa shape index (κ2) is 12.0. The molecule has 186 valence electrons. The average Bonchev–Trinajstić information content (AvgIpc) is 2.83. The Morgan fingerprint density at radius 2 is 1.71 bits per heavy atom. The van der Waals surface area contributed by atoms with Crippen molar-refractivity contribution in [1.82, 2.24) is 13.5 Å². The van der Waals surface area contributed by atoms with Crippen LogP contribution in [0, 0.1) is 0 Å². The van der Waals surface area contributed by atoms with Gasteiger partial charge in [0.05, 0.1) is 18.9 Å². The monoisotopic (exact) mass is 508 g/mol. The third kappa shape index (κ3) is 7.17. The predicted octanol–water partition coefficient (Wildman–Crippen LogP) is 1.78. The van der Waals surface area contributed by atoms with Gasteiger partial charge in [-0.05, 0) is 29.7 Å². The van der Waals surface area contributed by atoms with E-state index in [0.29, 0.717) is 44.7 Å². The number of hydrogen-bond donors (Lipinski definition) is 0. The molecule has 0 saturated carbocycles. The van der Waals surface area contributed by atoms with Crippen molar-refractivity contribution in [2.24, 2.45) is 0 Å². The molecule has 2 unspecified atom stereocenters. The van der Waals surface area contributed by atoms with Gasteiger partial charge in [-0.1, -0.05) is 42.5 Å². The summed E-state index contributed by atoms with van der Waals surface area (Å²) in [4.78, 5) is 13.8. The smallest absolute Gasteiger partial charge is 0.337 e. The number of piperazine rings is 1. The topological polar surface area (TPSA) is 110 Å². The average molecular weight is 509 g/mol. The SMILES string of the molecule is COC(=O)c1ccc(CN(CCC(c2ccccc2)N2CCN(S(C)(=O)=O)CC2)S(=O)[O-])cc1. The molecule has 9 nitrogen and oxygen atoms in total. The Morgan fingerprint density at radius 3 is 2.24 bits per heavy atom. The third-order valence-corrected chi connectivity index (χ3v) is 8.00. The molecule has 1 heterocycles. The first-order valence-corrected chi connectivity index (χ1v) is 13.8. The molecule has 0 bridgehead atoms. The minimum atomic E-state index is -3.23. The number of esters is 1. The van der Waals surface area contributed by atoms with Gasteiger partial charge in [-0.25, -0.2) is 17.5 Å². The van der Waals surface area contributed by atoms with Crippen molar-refractivity contribution in [3.63, 3.8) is 0 Å². The standard InChI is InChI=1S/C23H31N3O6S2/c1-32-23(27)21-10-8-19(9-11-21)18-25(33(28)29)13-12-22(20-6-4-3-5-7-20)24-14-16-26(17-15-24)34(2,30)31/h3-11,22H,12-18H2,1-2H3,(H,28,29)/p-1. The lowest BCUT2D eigenvalue weighted by Gasteiger charge is -2.39. The second-order valence-corrected chi connectivity index (χ2v) is 11.1. The van der Waals surface area contributed by atoms with Crippen molar-refractivity contribution in [2.45, 2.75) is 19.0 Å². The number of hydrogen-bond acceptors (Lipinski definition) is 7. The minimum absolute atomic E-state index is 0.0457. The molecule has 0 aromatic heterocycles. The van der Waals surface area contributed by atoms with Crippen molar-refractivity contribution < 1.29 is 26.7 Å². The maximum absolute atomic E-state index is 12.0. The van der Waals surface area contributed by atoms with E-state index in [2.05, 4.69) is 4.90 Å². The van der Waals surface area contributed by atoms with Crippen molar-refractivity contribution in [3.8, 4) is 0 Å². The summed E-state index contributed by atoms with van der Waals surface area (Å²) in [5.41, 5.74) is 2.22. The lowest BCUT2D eigenvalue weighted by atomic mass is 10.0. The lowest BCUT2D eigenvalue weighted by molar-refractivity contribution is 0.0600. The van der Waals surface area contributed by atoms with Gasteiger partial charge in [-0.2, -0.15) is 4.31 Å². The Bertz CT molecular complexity index is 1070. The number of benzene rings is 2. The first-order chi connectivity index (χ1) is 16.2. The van der Waals surface area contributed by atoms with Crippen LogP contribution in [0.4, 0.5) is 0 Å². The molecule has 0 aliphatic carbocycles. The van der Waals surface area contributed by atoms with Gasteiger partial charge in [0, 0.05) is 56.6 Å². The van der Waals surface area contributed by atoms with E-state index in [1.807, 2.05) is 30.3 Å². The fourth-order valence-electron chi connectivity index (χ4n) is 4.12. The van der Waals surface area contributed by atoms with Crippen molar-refractivity contribution in [2.75, 3.05) is 46.1 Å². The van der Waals surface area contributed by atoms with Gasteiger partial charge in [0.1, 0.15) is 0 Å². The Kier molecular flexibility index (Phi) is 9.34. The van der Waals surface area contributed by atoms with Gasteiger partial charge in [-0.3, -0.25) is 9.11 Å². The molecule has 2 aromatic carbocycles. The Hall–Kier alpha value is -2.15. The number of sulfonamides is 1. The van der Waals surface area contributed by atoms with Gasteiger partial charge in [0.15, 0.2) is 0 Å². The van der Waals surface area contributed by atoms with Crippen LogP contribution in [0.1, 0.15) is 33.9 Å². The van der Waals surface area contributed by atoms with E-state index < -0.39 is 27.3 Å². The predicted molar refractivity (Wildman–Crippen MR) is 129 cm³/mol. The van der Waals surface area contributed by atoms with Crippen LogP contribution in [-0.4, -0.2) is 82.7 Å². The van der Waals surface area contributed by atoms with Crippen LogP contribution in [-0.2, 0) is 32.6 Å².